The number of hydrogen-bond donors (Lipinski definition) is 1. The molecule has 0 radical (unpaired) electrons. The van der Waals surface area contributed by atoms with Crippen molar-refractivity contribution in [3.05, 3.63) is 66.1 Å². The molecule has 1 aromatic carbocycles. The van der Waals surface area contributed by atoms with Crippen LogP contribution in [0.2, 0.25) is 0 Å². The van der Waals surface area contributed by atoms with E-state index in [1.54, 1.807) is 18.5 Å². The van der Waals surface area contributed by atoms with Crippen LogP contribution in [0, 0.1) is 6.92 Å². The van der Waals surface area contributed by atoms with Gasteiger partial charge in [-0.25, -0.2) is 4.39 Å². The molecule has 1 amide bonds. The molecule has 1 aliphatic rings. The lowest BCUT2D eigenvalue weighted by Crippen LogP contribution is -2.14. The van der Waals surface area contributed by atoms with Gasteiger partial charge in [-0.1, -0.05) is 6.07 Å². The number of alkyl halides is 1. The number of rotatable bonds is 7. The van der Waals surface area contributed by atoms with Crippen molar-refractivity contribution in [2.24, 2.45) is 0 Å². The Kier molecular flexibility index (Phi) is 5.40. The maximum Gasteiger partial charge on any atom is 0.224 e. The number of carbonyl (C=O) groups excluding carboxylic acids is 2. The minimum atomic E-state index is -1.13. The van der Waals surface area contributed by atoms with Gasteiger partial charge in [0, 0.05) is 30.1 Å². The molecule has 152 valence electrons. The lowest BCUT2D eigenvalue weighted by Gasteiger charge is -2.12. The van der Waals surface area contributed by atoms with E-state index < -0.39 is 5.67 Å². The summed E-state index contributed by atoms with van der Waals surface area (Å²) in [5.74, 6) is -0.186. The number of pyridine rings is 2. The molecule has 2 heterocycles. The van der Waals surface area contributed by atoms with Gasteiger partial charge in [-0.2, -0.15) is 0 Å². The fourth-order valence-electron chi connectivity index (χ4n) is 3.37. The number of benzene rings is 1. The fourth-order valence-corrected chi connectivity index (χ4v) is 3.37. The minimum absolute atomic E-state index is 0.175. The summed E-state index contributed by atoms with van der Waals surface area (Å²) in [4.78, 5) is 31.7. The van der Waals surface area contributed by atoms with Gasteiger partial charge < -0.3 is 5.32 Å². The molecule has 2 aromatic heterocycles. The van der Waals surface area contributed by atoms with Crippen molar-refractivity contribution in [1.82, 2.24) is 9.97 Å². The van der Waals surface area contributed by atoms with E-state index in [2.05, 4.69) is 15.3 Å². The Labute approximate surface area is 174 Å². The van der Waals surface area contributed by atoms with Gasteiger partial charge in [0.25, 0.3) is 0 Å². The molecule has 0 aliphatic heterocycles. The predicted molar refractivity (Wildman–Crippen MR) is 114 cm³/mol. The third-order valence-corrected chi connectivity index (χ3v) is 5.39. The summed E-state index contributed by atoms with van der Waals surface area (Å²) in [7, 11) is 0. The highest BCUT2D eigenvalue weighted by Crippen LogP contribution is 2.43. The molecule has 0 saturated heterocycles. The summed E-state index contributed by atoms with van der Waals surface area (Å²) in [6, 6.07) is 13.0. The summed E-state index contributed by atoms with van der Waals surface area (Å²) in [6.07, 6.45) is 5.60. The van der Waals surface area contributed by atoms with E-state index in [4.69, 9.17) is 0 Å². The van der Waals surface area contributed by atoms with Crippen molar-refractivity contribution >= 4 is 17.9 Å². The molecule has 0 spiro atoms. The van der Waals surface area contributed by atoms with Crippen LogP contribution < -0.4 is 5.32 Å². The molecule has 1 saturated carbocycles. The van der Waals surface area contributed by atoms with Gasteiger partial charge in [0.2, 0.25) is 5.91 Å². The van der Waals surface area contributed by atoms with Crippen molar-refractivity contribution in [3.63, 3.8) is 0 Å². The van der Waals surface area contributed by atoms with Crippen LogP contribution in [-0.2, 0) is 4.79 Å². The second-order valence-corrected chi connectivity index (χ2v) is 7.75. The number of aryl methyl sites for hydroxylation is 1. The van der Waals surface area contributed by atoms with E-state index in [0.717, 1.165) is 34.2 Å². The molecule has 4 rings (SSSR count). The van der Waals surface area contributed by atoms with Crippen molar-refractivity contribution in [2.45, 2.75) is 38.3 Å². The lowest BCUT2D eigenvalue weighted by molar-refractivity contribution is -0.116. The second-order valence-electron chi connectivity index (χ2n) is 7.75. The van der Waals surface area contributed by atoms with Crippen molar-refractivity contribution in [3.8, 4) is 22.4 Å². The predicted octanol–water partition coefficient (Wildman–Crippen LogP) is 5.15. The maximum absolute atomic E-state index is 13.8. The van der Waals surface area contributed by atoms with Crippen molar-refractivity contribution in [1.29, 1.82) is 0 Å². The Morgan fingerprint density at radius 2 is 1.83 bits per heavy atom. The van der Waals surface area contributed by atoms with Crippen LogP contribution in [0.1, 0.15) is 41.7 Å². The van der Waals surface area contributed by atoms with E-state index >= 15 is 0 Å². The standard InChI is InChI=1S/C24H22FN3O2/c1-16-2-3-19(28-23(30)4-7-24(25)8-9-24)14-21(16)22-13-18(6-11-27-22)17-5-10-26-20(12-17)15-29/h2-3,5-6,10-15H,4,7-9H2,1H3,(H,28,30). The summed E-state index contributed by atoms with van der Waals surface area (Å²) >= 11 is 0. The van der Waals surface area contributed by atoms with Gasteiger partial charge in [-0.05, 0) is 79.3 Å². The number of aromatic nitrogens is 2. The molecule has 1 N–H and O–H groups in total. The first-order valence-electron chi connectivity index (χ1n) is 9.93. The fraction of sp³-hybridized carbons (Fsp3) is 0.250. The highest BCUT2D eigenvalue weighted by Gasteiger charge is 2.42. The monoisotopic (exact) mass is 403 g/mol. The van der Waals surface area contributed by atoms with Crippen LogP contribution >= 0.6 is 0 Å². The summed E-state index contributed by atoms with van der Waals surface area (Å²) < 4.78 is 13.8. The van der Waals surface area contributed by atoms with E-state index in [1.807, 2.05) is 43.3 Å². The van der Waals surface area contributed by atoms with E-state index in [-0.39, 0.29) is 18.7 Å². The zero-order valence-electron chi connectivity index (χ0n) is 16.7. The summed E-state index contributed by atoms with van der Waals surface area (Å²) in [6.45, 7) is 1.98. The molecular weight excluding hydrogens is 381 g/mol. The Balaban J connectivity index is 1.56. The number of aldehydes is 1. The van der Waals surface area contributed by atoms with E-state index in [0.29, 0.717) is 24.2 Å². The summed E-state index contributed by atoms with van der Waals surface area (Å²) in [5, 5.41) is 2.86. The molecule has 6 heteroatoms. The molecule has 1 aliphatic carbocycles. The van der Waals surface area contributed by atoms with Crippen LogP contribution in [0.5, 0.6) is 0 Å². The number of amides is 1. The van der Waals surface area contributed by atoms with E-state index in [9.17, 15) is 14.0 Å². The second kappa shape index (κ2) is 8.14. The number of nitrogens with zero attached hydrogens (tertiary/aromatic N) is 2. The third-order valence-electron chi connectivity index (χ3n) is 5.39. The first kappa shape index (κ1) is 19.9. The smallest absolute Gasteiger partial charge is 0.224 e. The van der Waals surface area contributed by atoms with Gasteiger partial charge in [0.05, 0.1) is 5.69 Å². The van der Waals surface area contributed by atoms with Gasteiger partial charge >= 0.3 is 0 Å². The number of anilines is 1. The zero-order valence-corrected chi connectivity index (χ0v) is 16.7. The van der Waals surface area contributed by atoms with Crippen LogP contribution in [0.4, 0.5) is 10.1 Å². The minimum Gasteiger partial charge on any atom is -0.326 e. The molecule has 5 nitrogen and oxygen atoms in total. The van der Waals surface area contributed by atoms with E-state index in [1.165, 1.54) is 0 Å². The molecule has 30 heavy (non-hydrogen) atoms. The SMILES string of the molecule is Cc1ccc(NC(=O)CCC2(F)CC2)cc1-c1cc(-c2ccnc(C=O)c2)ccn1. The Morgan fingerprint density at radius 3 is 2.57 bits per heavy atom. The lowest BCUT2D eigenvalue weighted by atomic mass is 10.0. The zero-order chi connectivity index (χ0) is 21.1. The third kappa shape index (κ3) is 4.59. The molecule has 3 aromatic rings. The molecule has 0 atom stereocenters. The largest absolute Gasteiger partial charge is 0.326 e. The maximum atomic E-state index is 13.8. The van der Waals surface area contributed by atoms with Crippen molar-refractivity contribution in [2.75, 3.05) is 5.32 Å². The first-order chi connectivity index (χ1) is 14.5. The van der Waals surface area contributed by atoms with Gasteiger partial charge in [0.1, 0.15) is 11.4 Å². The topological polar surface area (TPSA) is 72.0 Å². The van der Waals surface area contributed by atoms with Crippen molar-refractivity contribution < 1.29 is 14.0 Å². The molecule has 1 fully saturated rings. The van der Waals surface area contributed by atoms with Crippen LogP contribution in [0.3, 0.4) is 0 Å². The Hall–Kier alpha value is -3.41. The van der Waals surface area contributed by atoms with Crippen LogP contribution in [0.25, 0.3) is 22.4 Å². The average molecular weight is 403 g/mol. The average Bonchev–Trinajstić information content (AvgIpc) is 3.51. The number of halogens is 1. The van der Waals surface area contributed by atoms with Gasteiger partial charge in [0.15, 0.2) is 6.29 Å². The molecule has 0 bridgehead atoms. The van der Waals surface area contributed by atoms with Gasteiger partial charge in [-0.15, -0.1) is 0 Å². The highest BCUT2D eigenvalue weighted by molar-refractivity contribution is 5.91. The quantitative estimate of drug-likeness (QED) is 0.554. The van der Waals surface area contributed by atoms with Crippen LogP contribution in [-0.4, -0.2) is 27.8 Å². The Bertz CT molecular complexity index is 1110. The summed E-state index contributed by atoms with van der Waals surface area (Å²) in [5.41, 5.74) is 4.35. The highest BCUT2D eigenvalue weighted by atomic mass is 19.1. The molecular formula is C24H22FN3O2. The van der Waals surface area contributed by atoms with Crippen LogP contribution in [0.15, 0.2) is 54.9 Å². The normalized spacial score (nSPS) is 14.2. The first-order valence-corrected chi connectivity index (χ1v) is 9.93. The van der Waals surface area contributed by atoms with Gasteiger partial charge in [-0.3, -0.25) is 19.6 Å². The molecule has 0 unspecified atom stereocenters. The number of nitrogens with one attached hydrogen (secondary N) is 1. The number of hydrogen-bond acceptors (Lipinski definition) is 4. The Morgan fingerprint density at radius 1 is 1.10 bits per heavy atom. The number of carbonyl (C=O) groups is 2.